The maximum Gasteiger partial charge on any atom is 0.224 e. The number of amides is 1. The number of piperidine rings is 1. The highest BCUT2D eigenvalue weighted by atomic mass is 16.1. The van der Waals surface area contributed by atoms with Gasteiger partial charge in [0.25, 0.3) is 0 Å². The summed E-state index contributed by atoms with van der Waals surface area (Å²) in [6.45, 7) is 3.32. The Morgan fingerprint density at radius 1 is 1.65 bits per heavy atom. The molecule has 2 unspecified atom stereocenters. The summed E-state index contributed by atoms with van der Waals surface area (Å²) < 4.78 is 1.63. The van der Waals surface area contributed by atoms with Gasteiger partial charge in [-0.25, -0.2) is 4.98 Å². The second-order valence-electron chi connectivity index (χ2n) is 4.64. The largest absolute Gasteiger partial charge is 0.348 e. The Kier molecular flexibility index (Phi) is 3.73. The van der Waals surface area contributed by atoms with Gasteiger partial charge in [0.2, 0.25) is 5.91 Å². The van der Waals surface area contributed by atoms with Gasteiger partial charge in [0.05, 0.1) is 12.5 Å². The van der Waals surface area contributed by atoms with Crippen LogP contribution in [0.2, 0.25) is 0 Å². The van der Waals surface area contributed by atoms with Gasteiger partial charge < -0.3 is 10.6 Å². The van der Waals surface area contributed by atoms with Gasteiger partial charge in [-0.05, 0) is 19.8 Å². The molecule has 1 fully saturated rings. The van der Waals surface area contributed by atoms with Crippen LogP contribution in [0.15, 0.2) is 6.33 Å². The lowest BCUT2D eigenvalue weighted by atomic mass is 9.95. The zero-order valence-corrected chi connectivity index (χ0v) is 10.3. The van der Waals surface area contributed by atoms with Crippen LogP contribution in [-0.2, 0) is 18.4 Å². The summed E-state index contributed by atoms with van der Waals surface area (Å²) in [5.74, 6) is 0.824. The lowest BCUT2D eigenvalue weighted by Crippen LogP contribution is -2.43. The Balaban J connectivity index is 1.77. The van der Waals surface area contributed by atoms with Gasteiger partial charge in [0, 0.05) is 19.6 Å². The van der Waals surface area contributed by atoms with Gasteiger partial charge in [0.15, 0.2) is 5.82 Å². The van der Waals surface area contributed by atoms with Crippen molar-refractivity contribution in [3.8, 4) is 0 Å². The molecule has 1 amide bonds. The lowest BCUT2D eigenvalue weighted by Gasteiger charge is -2.26. The van der Waals surface area contributed by atoms with Gasteiger partial charge >= 0.3 is 0 Å². The maximum atomic E-state index is 11.9. The molecular formula is C11H19N5O. The molecule has 1 aliphatic rings. The van der Waals surface area contributed by atoms with E-state index in [0.29, 0.717) is 18.4 Å². The van der Waals surface area contributed by atoms with Crippen molar-refractivity contribution in [1.29, 1.82) is 0 Å². The molecule has 2 N–H and O–H groups in total. The van der Waals surface area contributed by atoms with Crippen LogP contribution in [0.5, 0.6) is 0 Å². The van der Waals surface area contributed by atoms with E-state index in [0.717, 1.165) is 19.4 Å². The number of hydrogen-bond acceptors (Lipinski definition) is 4. The summed E-state index contributed by atoms with van der Waals surface area (Å²) in [6.07, 6.45) is 3.64. The molecule has 0 aromatic carbocycles. The van der Waals surface area contributed by atoms with Crippen LogP contribution in [0.25, 0.3) is 0 Å². The van der Waals surface area contributed by atoms with Crippen LogP contribution < -0.4 is 10.6 Å². The minimum Gasteiger partial charge on any atom is -0.348 e. The second-order valence-corrected chi connectivity index (χ2v) is 4.64. The molecule has 1 aromatic rings. The smallest absolute Gasteiger partial charge is 0.224 e. The van der Waals surface area contributed by atoms with E-state index in [1.165, 1.54) is 0 Å². The highest BCUT2D eigenvalue weighted by Gasteiger charge is 2.23. The van der Waals surface area contributed by atoms with Gasteiger partial charge in [-0.15, -0.1) is 0 Å². The highest BCUT2D eigenvalue weighted by Crippen LogP contribution is 2.13. The van der Waals surface area contributed by atoms with Gasteiger partial charge in [-0.1, -0.05) is 0 Å². The van der Waals surface area contributed by atoms with Gasteiger partial charge in [-0.2, -0.15) is 5.10 Å². The first-order valence-electron chi connectivity index (χ1n) is 6.01. The Morgan fingerprint density at radius 3 is 3.06 bits per heavy atom. The quantitative estimate of drug-likeness (QED) is 0.765. The van der Waals surface area contributed by atoms with Crippen LogP contribution in [0.3, 0.4) is 0 Å². The number of aromatic nitrogens is 3. The van der Waals surface area contributed by atoms with Crippen molar-refractivity contribution < 1.29 is 4.79 Å². The third-order valence-electron chi connectivity index (χ3n) is 3.10. The average molecular weight is 237 g/mol. The van der Waals surface area contributed by atoms with Crippen LogP contribution in [0.1, 0.15) is 25.6 Å². The van der Waals surface area contributed by atoms with E-state index in [-0.39, 0.29) is 11.8 Å². The van der Waals surface area contributed by atoms with Crippen molar-refractivity contribution in [2.24, 2.45) is 13.0 Å². The first-order valence-corrected chi connectivity index (χ1v) is 6.01. The molecule has 2 atom stereocenters. The summed E-state index contributed by atoms with van der Waals surface area (Å²) in [5.41, 5.74) is 0. The summed E-state index contributed by atoms with van der Waals surface area (Å²) >= 11 is 0. The van der Waals surface area contributed by atoms with E-state index in [1.54, 1.807) is 11.0 Å². The molecule has 6 heteroatoms. The van der Waals surface area contributed by atoms with Crippen LogP contribution >= 0.6 is 0 Å². The van der Waals surface area contributed by atoms with E-state index in [9.17, 15) is 4.79 Å². The van der Waals surface area contributed by atoms with E-state index >= 15 is 0 Å². The van der Waals surface area contributed by atoms with Crippen LogP contribution in [0, 0.1) is 5.92 Å². The standard InChI is InChI=1S/C11H19N5O/c1-8-3-4-9(5-12-8)11(17)13-6-10-14-7-16(2)15-10/h7-9,12H,3-6H2,1-2H3,(H,13,17). The fourth-order valence-electron chi connectivity index (χ4n) is 2.00. The van der Waals surface area contributed by atoms with E-state index in [1.807, 2.05) is 7.05 Å². The number of carbonyl (C=O) groups is 1. The number of carbonyl (C=O) groups excluding carboxylic acids is 1. The van der Waals surface area contributed by atoms with Gasteiger partial charge in [0.1, 0.15) is 6.33 Å². The third-order valence-corrected chi connectivity index (χ3v) is 3.10. The Hall–Kier alpha value is -1.43. The first-order chi connectivity index (χ1) is 8.15. The Bertz CT molecular complexity index is 381. The predicted octanol–water partition coefficient (Wildman–Crippen LogP) is -0.181. The second kappa shape index (κ2) is 5.27. The average Bonchev–Trinajstić information content (AvgIpc) is 2.73. The summed E-state index contributed by atoms with van der Waals surface area (Å²) in [6, 6.07) is 0.525. The summed E-state index contributed by atoms with van der Waals surface area (Å²) in [7, 11) is 1.81. The van der Waals surface area contributed by atoms with Crippen molar-refractivity contribution in [2.45, 2.75) is 32.4 Å². The molecule has 2 rings (SSSR count). The molecule has 0 aliphatic carbocycles. The maximum absolute atomic E-state index is 11.9. The van der Waals surface area contributed by atoms with Crippen molar-refractivity contribution in [2.75, 3.05) is 6.54 Å². The Labute approximate surface area is 101 Å². The Morgan fingerprint density at radius 2 is 2.47 bits per heavy atom. The number of rotatable bonds is 3. The summed E-state index contributed by atoms with van der Waals surface area (Å²) in [5, 5.41) is 10.3. The first kappa shape index (κ1) is 12.0. The van der Waals surface area contributed by atoms with Crippen LogP contribution in [-0.4, -0.2) is 33.3 Å². The monoisotopic (exact) mass is 237 g/mol. The predicted molar refractivity (Wildman–Crippen MR) is 63.0 cm³/mol. The molecule has 17 heavy (non-hydrogen) atoms. The SMILES string of the molecule is CC1CCC(C(=O)NCc2ncn(C)n2)CN1. The molecule has 1 aromatic heterocycles. The molecule has 0 bridgehead atoms. The molecule has 94 valence electrons. The number of aryl methyl sites for hydroxylation is 1. The zero-order chi connectivity index (χ0) is 12.3. The molecule has 2 heterocycles. The number of hydrogen-bond donors (Lipinski definition) is 2. The van der Waals surface area contributed by atoms with E-state index in [4.69, 9.17) is 0 Å². The normalized spacial score (nSPS) is 24.6. The van der Waals surface area contributed by atoms with Crippen LogP contribution in [0.4, 0.5) is 0 Å². The molecule has 6 nitrogen and oxygen atoms in total. The minimum absolute atomic E-state index is 0.0786. The summed E-state index contributed by atoms with van der Waals surface area (Å²) in [4.78, 5) is 15.9. The number of nitrogens with one attached hydrogen (secondary N) is 2. The molecule has 1 aliphatic heterocycles. The fourth-order valence-corrected chi connectivity index (χ4v) is 2.00. The van der Waals surface area contributed by atoms with E-state index < -0.39 is 0 Å². The van der Waals surface area contributed by atoms with Gasteiger partial charge in [-0.3, -0.25) is 9.48 Å². The number of nitrogens with zero attached hydrogens (tertiary/aromatic N) is 3. The molecule has 0 radical (unpaired) electrons. The molecule has 1 saturated heterocycles. The zero-order valence-electron chi connectivity index (χ0n) is 10.3. The lowest BCUT2D eigenvalue weighted by molar-refractivity contribution is -0.125. The highest BCUT2D eigenvalue weighted by molar-refractivity contribution is 5.78. The van der Waals surface area contributed by atoms with Crippen molar-refractivity contribution in [3.05, 3.63) is 12.2 Å². The van der Waals surface area contributed by atoms with Crippen molar-refractivity contribution in [3.63, 3.8) is 0 Å². The fraction of sp³-hybridized carbons (Fsp3) is 0.727. The van der Waals surface area contributed by atoms with Crippen molar-refractivity contribution >= 4 is 5.91 Å². The third kappa shape index (κ3) is 3.26. The van der Waals surface area contributed by atoms with Crippen molar-refractivity contribution in [1.82, 2.24) is 25.4 Å². The minimum atomic E-state index is 0.0786. The molecule has 0 saturated carbocycles. The molecular weight excluding hydrogens is 218 g/mol. The molecule has 0 spiro atoms. The topological polar surface area (TPSA) is 71.8 Å². The van der Waals surface area contributed by atoms with E-state index in [2.05, 4.69) is 27.6 Å².